The van der Waals surface area contributed by atoms with Gasteiger partial charge in [0.1, 0.15) is 5.82 Å². The van der Waals surface area contributed by atoms with Crippen molar-refractivity contribution in [3.8, 4) is 11.3 Å². The SMILES string of the molecule is C=C(C)CN=c1scc(-c2ccc(F)cc2)n1N=Cc1ccc(C)s1. The van der Waals surface area contributed by atoms with E-state index in [4.69, 9.17) is 0 Å². The van der Waals surface area contributed by atoms with Gasteiger partial charge in [0.25, 0.3) is 0 Å². The van der Waals surface area contributed by atoms with E-state index in [1.807, 2.05) is 24.6 Å². The van der Waals surface area contributed by atoms with Gasteiger partial charge < -0.3 is 0 Å². The number of thiophene rings is 1. The summed E-state index contributed by atoms with van der Waals surface area (Å²) in [6.07, 6.45) is 1.83. The highest BCUT2D eigenvalue weighted by Crippen LogP contribution is 2.21. The van der Waals surface area contributed by atoms with E-state index in [0.29, 0.717) is 6.54 Å². The Labute approximate surface area is 154 Å². The van der Waals surface area contributed by atoms with E-state index in [9.17, 15) is 4.39 Å². The van der Waals surface area contributed by atoms with Gasteiger partial charge >= 0.3 is 0 Å². The lowest BCUT2D eigenvalue weighted by Gasteiger charge is -2.03. The molecular formula is C19H18FN3S2. The van der Waals surface area contributed by atoms with Crippen molar-refractivity contribution >= 4 is 28.9 Å². The minimum Gasteiger partial charge on any atom is -0.253 e. The molecule has 0 atom stereocenters. The largest absolute Gasteiger partial charge is 0.253 e. The lowest BCUT2D eigenvalue weighted by atomic mass is 10.2. The number of rotatable bonds is 5. The Balaban J connectivity index is 2.06. The van der Waals surface area contributed by atoms with Crippen molar-refractivity contribution in [2.45, 2.75) is 13.8 Å². The van der Waals surface area contributed by atoms with Gasteiger partial charge in [-0.3, -0.25) is 4.99 Å². The number of hydrogen-bond acceptors (Lipinski definition) is 4. The van der Waals surface area contributed by atoms with Gasteiger partial charge in [0.2, 0.25) is 4.80 Å². The molecule has 0 bridgehead atoms. The van der Waals surface area contributed by atoms with Gasteiger partial charge in [-0.2, -0.15) is 5.10 Å². The molecule has 0 saturated carbocycles. The van der Waals surface area contributed by atoms with Gasteiger partial charge in [-0.15, -0.1) is 22.7 Å². The summed E-state index contributed by atoms with van der Waals surface area (Å²) in [7, 11) is 0. The van der Waals surface area contributed by atoms with Crippen LogP contribution in [0.4, 0.5) is 4.39 Å². The number of benzene rings is 1. The highest BCUT2D eigenvalue weighted by atomic mass is 32.1. The third-order valence-electron chi connectivity index (χ3n) is 3.37. The molecule has 1 aromatic carbocycles. The molecule has 6 heteroatoms. The Morgan fingerprint density at radius 3 is 2.64 bits per heavy atom. The first-order valence-electron chi connectivity index (χ1n) is 7.75. The zero-order valence-electron chi connectivity index (χ0n) is 14.1. The van der Waals surface area contributed by atoms with E-state index in [1.54, 1.807) is 28.1 Å². The first-order valence-corrected chi connectivity index (χ1v) is 9.44. The molecule has 0 spiro atoms. The van der Waals surface area contributed by atoms with Crippen LogP contribution in [0, 0.1) is 12.7 Å². The fraction of sp³-hybridized carbons (Fsp3) is 0.158. The van der Waals surface area contributed by atoms with Crippen LogP contribution in [0.25, 0.3) is 11.3 Å². The van der Waals surface area contributed by atoms with Crippen molar-refractivity contribution < 1.29 is 4.39 Å². The molecule has 0 fully saturated rings. The van der Waals surface area contributed by atoms with Crippen LogP contribution in [-0.2, 0) is 0 Å². The number of thiazole rings is 1. The van der Waals surface area contributed by atoms with E-state index < -0.39 is 0 Å². The van der Waals surface area contributed by atoms with Crippen molar-refractivity contribution in [1.82, 2.24) is 4.68 Å². The average Bonchev–Trinajstić information content (AvgIpc) is 3.17. The fourth-order valence-corrected chi connectivity index (χ4v) is 3.76. The minimum atomic E-state index is -0.254. The minimum absolute atomic E-state index is 0.254. The summed E-state index contributed by atoms with van der Waals surface area (Å²) in [5.41, 5.74) is 2.77. The summed E-state index contributed by atoms with van der Waals surface area (Å²) < 4.78 is 15.0. The molecule has 2 aromatic heterocycles. The van der Waals surface area contributed by atoms with Gasteiger partial charge in [0, 0.05) is 20.7 Å². The first kappa shape index (κ1) is 17.5. The van der Waals surface area contributed by atoms with Gasteiger partial charge in [-0.25, -0.2) is 9.07 Å². The highest BCUT2D eigenvalue weighted by molar-refractivity contribution is 7.13. The first-order chi connectivity index (χ1) is 12.0. The van der Waals surface area contributed by atoms with Crippen molar-refractivity contribution in [2.24, 2.45) is 10.1 Å². The molecule has 25 heavy (non-hydrogen) atoms. The van der Waals surface area contributed by atoms with Crippen LogP contribution in [-0.4, -0.2) is 17.4 Å². The second-order valence-electron chi connectivity index (χ2n) is 5.69. The molecule has 0 amide bonds. The van der Waals surface area contributed by atoms with Crippen molar-refractivity contribution in [3.05, 3.63) is 74.3 Å². The number of nitrogens with zero attached hydrogens (tertiary/aromatic N) is 3. The van der Waals surface area contributed by atoms with Crippen LogP contribution in [0.2, 0.25) is 0 Å². The molecule has 0 aliphatic carbocycles. The molecule has 0 radical (unpaired) electrons. The van der Waals surface area contributed by atoms with Gasteiger partial charge in [-0.05, 0) is 50.2 Å². The summed E-state index contributed by atoms with van der Waals surface area (Å²) in [6, 6.07) is 10.5. The summed E-state index contributed by atoms with van der Waals surface area (Å²) in [5, 5.41) is 6.61. The van der Waals surface area contributed by atoms with Crippen molar-refractivity contribution in [2.75, 3.05) is 6.54 Å². The zero-order chi connectivity index (χ0) is 17.8. The predicted molar refractivity (Wildman–Crippen MR) is 105 cm³/mol. The second kappa shape index (κ2) is 7.72. The van der Waals surface area contributed by atoms with E-state index >= 15 is 0 Å². The Kier molecular flexibility index (Phi) is 5.40. The maximum absolute atomic E-state index is 13.2. The van der Waals surface area contributed by atoms with E-state index in [1.165, 1.54) is 28.3 Å². The molecule has 0 aliphatic rings. The second-order valence-corrected chi connectivity index (χ2v) is 7.84. The van der Waals surface area contributed by atoms with Crippen LogP contribution in [0.15, 0.2) is 64.0 Å². The standard InChI is InChI=1S/C19H18FN3S2/c1-13(2)10-21-19-23(22-11-17-9-4-14(3)25-17)18(12-24-19)15-5-7-16(20)8-6-15/h4-9,11-12H,1,10H2,2-3H3. The zero-order valence-corrected chi connectivity index (χ0v) is 15.7. The van der Waals surface area contributed by atoms with Crippen molar-refractivity contribution in [3.63, 3.8) is 0 Å². The monoisotopic (exact) mass is 371 g/mol. The molecule has 0 N–H and O–H groups in total. The third-order valence-corrected chi connectivity index (χ3v) is 5.16. The molecular weight excluding hydrogens is 353 g/mol. The molecule has 3 nitrogen and oxygen atoms in total. The molecule has 0 aliphatic heterocycles. The van der Waals surface area contributed by atoms with Crippen LogP contribution in [0.1, 0.15) is 16.7 Å². The van der Waals surface area contributed by atoms with E-state index in [-0.39, 0.29) is 5.82 Å². The molecule has 2 heterocycles. The number of aromatic nitrogens is 1. The lowest BCUT2D eigenvalue weighted by Crippen LogP contribution is -2.12. The quantitative estimate of drug-likeness (QED) is 0.442. The maximum Gasteiger partial charge on any atom is 0.206 e. The topological polar surface area (TPSA) is 29.6 Å². The lowest BCUT2D eigenvalue weighted by molar-refractivity contribution is 0.628. The molecule has 0 unspecified atom stereocenters. The van der Waals surface area contributed by atoms with E-state index in [2.05, 4.69) is 29.7 Å². The predicted octanol–water partition coefficient (Wildman–Crippen LogP) is 5.08. The highest BCUT2D eigenvalue weighted by Gasteiger charge is 2.08. The van der Waals surface area contributed by atoms with Crippen LogP contribution in [0.5, 0.6) is 0 Å². The summed E-state index contributed by atoms with van der Waals surface area (Å²) >= 11 is 3.19. The van der Waals surface area contributed by atoms with Gasteiger partial charge in [0.05, 0.1) is 18.5 Å². The number of aryl methyl sites for hydroxylation is 1. The molecule has 128 valence electrons. The molecule has 3 aromatic rings. The van der Waals surface area contributed by atoms with E-state index in [0.717, 1.165) is 26.5 Å². The van der Waals surface area contributed by atoms with Gasteiger partial charge in [0.15, 0.2) is 0 Å². The Morgan fingerprint density at radius 2 is 2.00 bits per heavy atom. The van der Waals surface area contributed by atoms with Crippen LogP contribution in [0.3, 0.4) is 0 Å². The third kappa shape index (κ3) is 4.41. The summed E-state index contributed by atoms with van der Waals surface area (Å²) in [5.74, 6) is -0.254. The Morgan fingerprint density at radius 1 is 1.24 bits per heavy atom. The average molecular weight is 372 g/mol. The van der Waals surface area contributed by atoms with Crippen LogP contribution >= 0.6 is 22.7 Å². The van der Waals surface area contributed by atoms with Crippen molar-refractivity contribution in [1.29, 1.82) is 0 Å². The Hall–Kier alpha value is -2.31. The van der Waals surface area contributed by atoms with Crippen LogP contribution < -0.4 is 4.80 Å². The molecule has 3 rings (SSSR count). The Bertz CT molecular complexity index is 975. The summed E-state index contributed by atoms with van der Waals surface area (Å²) in [6.45, 7) is 8.46. The summed E-state index contributed by atoms with van der Waals surface area (Å²) in [4.78, 5) is 7.68. The number of hydrogen-bond donors (Lipinski definition) is 0. The van der Waals surface area contributed by atoms with Gasteiger partial charge in [-0.1, -0.05) is 12.2 Å². The number of halogens is 1. The maximum atomic E-state index is 13.2. The molecule has 0 saturated heterocycles. The fourth-order valence-electron chi connectivity index (χ4n) is 2.18. The smallest absolute Gasteiger partial charge is 0.206 e. The normalized spacial score (nSPS) is 12.2.